The average Bonchev–Trinajstić information content (AvgIpc) is 2.44. The normalized spacial score (nSPS) is 10.3. The highest BCUT2D eigenvalue weighted by Crippen LogP contribution is 2.19. The number of nitrogens with two attached hydrogens (primary N) is 1. The molecule has 7 nitrogen and oxygen atoms in total. The van der Waals surface area contributed by atoms with Crippen molar-refractivity contribution < 1.29 is 4.79 Å². The summed E-state index contributed by atoms with van der Waals surface area (Å²) < 4.78 is 1.82. The standard InChI is InChI=1S/C12H11BrN4O3/c13-9-5-7(12(20)15-14)1-2-8(9)6-17-11(19)4-3-10(18)16-17/h1-5H,6,14H2,(H,15,20)(H,16,18). The molecule has 0 saturated heterocycles. The molecule has 1 amide bonds. The quantitative estimate of drug-likeness (QED) is 0.414. The lowest BCUT2D eigenvalue weighted by Crippen LogP contribution is -2.30. The number of halogens is 1. The Bertz CT molecular complexity index is 766. The van der Waals surface area contributed by atoms with Gasteiger partial charge in [-0.25, -0.2) is 10.5 Å². The number of aromatic nitrogens is 2. The first kappa shape index (κ1) is 14.2. The summed E-state index contributed by atoms with van der Waals surface area (Å²) >= 11 is 3.32. The summed E-state index contributed by atoms with van der Waals surface area (Å²) in [6.45, 7) is 0.181. The fourth-order valence-electron chi connectivity index (χ4n) is 1.65. The molecule has 1 heterocycles. The summed E-state index contributed by atoms with van der Waals surface area (Å²) in [4.78, 5) is 34.2. The third-order valence-electron chi connectivity index (χ3n) is 2.66. The average molecular weight is 339 g/mol. The topological polar surface area (TPSA) is 110 Å². The van der Waals surface area contributed by atoms with E-state index in [2.05, 4.69) is 21.0 Å². The third-order valence-corrected chi connectivity index (χ3v) is 3.40. The van der Waals surface area contributed by atoms with Crippen LogP contribution in [0.15, 0.2) is 44.4 Å². The Morgan fingerprint density at radius 1 is 1.30 bits per heavy atom. The molecule has 0 spiro atoms. The number of hydrogen-bond acceptors (Lipinski definition) is 4. The van der Waals surface area contributed by atoms with Crippen LogP contribution < -0.4 is 22.4 Å². The number of carbonyl (C=O) groups is 1. The number of aromatic amines is 1. The molecule has 0 aliphatic heterocycles. The molecule has 20 heavy (non-hydrogen) atoms. The van der Waals surface area contributed by atoms with Gasteiger partial charge < -0.3 is 0 Å². The molecule has 2 aromatic rings. The molecule has 0 unspecified atom stereocenters. The van der Waals surface area contributed by atoms with Gasteiger partial charge in [0.15, 0.2) is 0 Å². The maximum Gasteiger partial charge on any atom is 0.265 e. The number of benzene rings is 1. The number of carbonyl (C=O) groups excluding carboxylic acids is 1. The van der Waals surface area contributed by atoms with E-state index >= 15 is 0 Å². The van der Waals surface area contributed by atoms with E-state index < -0.39 is 5.91 Å². The van der Waals surface area contributed by atoms with E-state index in [1.165, 1.54) is 16.8 Å². The van der Waals surface area contributed by atoms with Gasteiger partial charge >= 0.3 is 0 Å². The lowest BCUT2D eigenvalue weighted by atomic mass is 10.1. The highest BCUT2D eigenvalue weighted by molar-refractivity contribution is 9.10. The zero-order valence-electron chi connectivity index (χ0n) is 10.2. The van der Waals surface area contributed by atoms with Crippen molar-refractivity contribution in [2.45, 2.75) is 6.54 Å². The fourth-order valence-corrected chi connectivity index (χ4v) is 2.15. The number of amides is 1. The summed E-state index contributed by atoms with van der Waals surface area (Å²) in [7, 11) is 0. The maximum absolute atomic E-state index is 11.6. The van der Waals surface area contributed by atoms with Gasteiger partial charge in [0.1, 0.15) is 0 Å². The van der Waals surface area contributed by atoms with E-state index in [9.17, 15) is 14.4 Å². The highest BCUT2D eigenvalue weighted by Gasteiger charge is 2.08. The molecule has 0 aliphatic rings. The molecule has 0 atom stereocenters. The zero-order valence-corrected chi connectivity index (χ0v) is 11.8. The molecule has 2 rings (SSSR count). The molecule has 4 N–H and O–H groups in total. The van der Waals surface area contributed by atoms with Crippen molar-refractivity contribution in [2.75, 3.05) is 0 Å². The van der Waals surface area contributed by atoms with Gasteiger partial charge in [0.2, 0.25) is 0 Å². The van der Waals surface area contributed by atoms with Crippen molar-refractivity contribution in [3.05, 3.63) is 66.6 Å². The largest absolute Gasteiger partial charge is 0.290 e. The van der Waals surface area contributed by atoms with Gasteiger partial charge in [0.25, 0.3) is 17.0 Å². The van der Waals surface area contributed by atoms with Crippen molar-refractivity contribution in [1.82, 2.24) is 15.2 Å². The maximum atomic E-state index is 11.6. The lowest BCUT2D eigenvalue weighted by molar-refractivity contribution is 0.0953. The predicted molar refractivity (Wildman–Crippen MR) is 76.2 cm³/mol. The Morgan fingerprint density at radius 3 is 2.70 bits per heavy atom. The van der Waals surface area contributed by atoms with E-state index in [1.54, 1.807) is 18.2 Å². The van der Waals surface area contributed by atoms with E-state index in [0.717, 1.165) is 5.56 Å². The minimum atomic E-state index is -0.414. The molecule has 0 radical (unpaired) electrons. The van der Waals surface area contributed by atoms with Crippen LogP contribution in [-0.2, 0) is 6.54 Å². The Hall–Kier alpha value is -2.19. The van der Waals surface area contributed by atoms with Crippen LogP contribution in [0.4, 0.5) is 0 Å². The number of rotatable bonds is 3. The van der Waals surface area contributed by atoms with Crippen LogP contribution in [0.3, 0.4) is 0 Å². The van der Waals surface area contributed by atoms with Crippen LogP contribution in [0.1, 0.15) is 15.9 Å². The molecular weight excluding hydrogens is 328 g/mol. The van der Waals surface area contributed by atoms with Crippen LogP contribution in [-0.4, -0.2) is 15.7 Å². The second-order valence-electron chi connectivity index (χ2n) is 4.01. The summed E-state index contributed by atoms with van der Waals surface area (Å²) in [5.74, 6) is 4.64. The Kier molecular flexibility index (Phi) is 4.16. The highest BCUT2D eigenvalue weighted by atomic mass is 79.9. The molecule has 0 saturated carbocycles. The van der Waals surface area contributed by atoms with Crippen molar-refractivity contribution in [3.63, 3.8) is 0 Å². The fraction of sp³-hybridized carbons (Fsp3) is 0.0833. The van der Waals surface area contributed by atoms with Gasteiger partial charge in [-0.3, -0.25) is 24.9 Å². The molecule has 1 aromatic heterocycles. The van der Waals surface area contributed by atoms with Crippen LogP contribution in [0.25, 0.3) is 0 Å². The molecule has 104 valence electrons. The summed E-state index contributed by atoms with van der Waals surface area (Å²) in [5, 5.41) is 2.43. The first-order chi connectivity index (χ1) is 9.51. The second-order valence-corrected chi connectivity index (χ2v) is 4.87. The number of nitrogen functional groups attached to an aromatic ring is 1. The van der Waals surface area contributed by atoms with Crippen molar-refractivity contribution >= 4 is 21.8 Å². The predicted octanol–water partition coefficient (Wildman–Crippen LogP) is -0.0491. The third kappa shape index (κ3) is 3.03. The number of nitrogens with one attached hydrogen (secondary N) is 2. The van der Waals surface area contributed by atoms with Crippen molar-refractivity contribution in [3.8, 4) is 0 Å². The zero-order chi connectivity index (χ0) is 14.7. The molecular formula is C12H11BrN4O3. The minimum absolute atomic E-state index is 0.181. The lowest BCUT2D eigenvalue weighted by Gasteiger charge is -2.08. The molecule has 1 aromatic carbocycles. The van der Waals surface area contributed by atoms with E-state index in [4.69, 9.17) is 5.84 Å². The number of hydrazine groups is 1. The van der Waals surface area contributed by atoms with Crippen LogP contribution in [0, 0.1) is 0 Å². The smallest absolute Gasteiger partial charge is 0.265 e. The minimum Gasteiger partial charge on any atom is -0.290 e. The number of H-pyrrole nitrogens is 1. The van der Waals surface area contributed by atoms with Gasteiger partial charge in [-0.2, -0.15) is 0 Å². The molecule has 0 aliphatic carbocycles. The van der Waals surface area contributed by atoms with E-state index in [0.29, 0.717) is 10.0 Å². The van der Waals surface area contributed by atoms with E-state index in [-0.39, 0.29) is 17.7 Å². The van der Waals surface area contributed by atoms with Crippen LogP contribution in [0.5, 0.6) is 0 Å². The second kappa shape index (κ2) is 5.85. The Labute approximate surface area is 121 Å². The molecule has 0 fully saturated rings. The first-order valence-corrected chi connectivity index (χ1v) is 6.40. The van der Waals surface area contributed by atoms with Crippen LogP contribution in [0.2, 0.25) is 0 Å². The van der Waals surface area contributed by atoms with Gasteiger partial charge in [0, 0.05) is 22.2 Å². The Balaban J connectivity index is 2.35. The SMILES string of the molecule is NNC(=O)c1ccc(Cn2[nH]c(=O)ccc2=O)c(Br)c1. The van der Waals surface area contributed by atoms with Crippen molar-refractivity contribution in [2.24, 2.45) is 5.84 Å². The first-order valence-electron chi connectivity index (χ1n) is 5.61. The van der Waals surface area contributed by atoms with Gasteiger partial charge in [-0.1, -0.05) is 22.0 Å². The summed E-state index contributed by atoms with van der Waals surface area (Å²) in [5.41, 5.74) is 2.48. The van der Waals surface area contributed by atoms with Crippen LogP contribution >= 0.6 is 15.9 Å². The number of nitrogens with zero attached hydrogens (tertiary/aromatic N) is 1. The van der Waals surface area contributed by atoms with E-state index in [1.807, 2.05) is 5.43 Å². The Morgan fingerprint density at radius 2 is 2.05 bits per heavy atom. The molecule has 8 heteroatoms. The van der Waals surface area contributed by atoms with Gasteiger partial charge in [-0.05, 0) is 17.7 Å². The van der Waals surface area contributed by atoms with Crippen molar-refractivity contribution in [1.29, 1.82) is 0 Å². The summed E-state index contributed by atoms with van der Waals surface area (Å²) in [6, 6.07) is 7.20. The number of hydrogen-bond donors (Lipinski definition) is 3. The van der Waals surface area contributed by atoms with Gasteiger partial charge in [0.05, 0.1) is 6.54 Å². The molecule has 0 bridgehead atoms. The monoisotopic (exact) mass is 338 g/mol. The van der Waals surface area contributed by atoms with Gasteiger partial charge in [-0.15, -0.1) is 0 Å². The summed E-state index contributed by atoms with van der Waals surface area (Å²) in [6.07, 6.45) is 0.